The van der Waals surface area contributed by atoms with Gasteiger partial charge in [-0.25, -0.2) is 0 Å². The number of fused-ring (bicyclic) bond motifs is 1. The number of amides is 1. The Bertz CT molecular complexity index is 1000. The summed E-state index contributed by atoms with van der Waals surface area (Å²) in [4.78, 5) is 14.0. The summed E-state index contributed by atoms with van der Waals surface area (Å²) in [6.45, 7) is 3.20. The first-order valence-corrected chi connectivity index (χ1v) is 12.1. The second-order valence-electron chi connectivity index (χ2n) is 9.62. The average Bonchev–Trinajstić information content (AvgIpc) is 3.25. The number of carbonyl (C=O) groups excluding carboxylic acids is 1. The van der Waals surface area contributed by atoms with E-state index in [9.17, 15) is 4.79 Å². The van der Waals surface area contributed by atoms with Crippen molar-refractivity contribution >= 4 is 16.7 Å². The average molecular weight is 415 g/mol. The van der Waals surface area contributed by atoms with Crippen LogP contribution in [0.25, 0.3) is 10.8 Å². The van der Waals surface area contributed by atoms with Crippen LogP contribution < -0.4 is 5.32 Å². The zero-order valence-electron chi connectivity index (χ0n) is 18.6. The van der Waals surface area contributed by atoms with E-state index in [0.717, 1.165) is 31.0 Å². The molecule has 1 amide bonds. The lowest BCUT2D eigenvalue weighted by Gasteiger charge is -2.36. The maximum atomic E-state index is 12.0. The lowest BCUT2D eigenvalue weighted by molar-refractivity contribution is -0.125. The van der Waals surface area contributed by atoms with Gasteiger partial charge in [-0.2, -0.15) is 0 Å². The first kappa shape index (κ1) is 20.5. The minimum absolute atomic E-state index is 0.290. The first-order chi connectivity index (χ1) is 15.2. The molecule has 3 aliphatic rings. The molecule has 0 spiro atoms. The van der Waals surface area contributed by atoms with Crippen LogP contribution in [0.3, 0.4) is 0 Å². The van der Waals surface area contributed by atoms with Crippen molar-refractivity contribution in [2.45, 2.75) is 64.0 Å². The van der Waals surface area contributed by atoms with Crippen molar-refractivity contribution in [3.8, 4) is 0 Å². The zero-order chi connectivity index (χ0) is 21.2. The summed E-state index contributed by atoms with van der Waals surface area (Å²) >= 11 is 0. The first-order valence-electron chi connectivity index (χ1n) is 12.1. The second kappa shape index (κ2) is 9.00. The van der Waals surface area contributed by atoms with Crippen LogP contribution >= 0.6 is 0 Å². The highest BCUT2D eigenvalue weighted by Gasteiger charge is 2.30. The Hall–Kier alpha value is -2.39. The fraction of sp³-hybridized carbons (Fsp3) is 0.464. The van der Waals surface area contributed by atoms with Crippen LogP contribution in [0.1, 0.15) is 63.5 Å². The monoisotopic (exact) mass is 414 g/mol. The highest BCUT2D eigenvalue weighted by atomic mass is 16.2. The SMILES string of the molecule is C[C@@H](N[C@H]1CCC[C@H](C2C=CC(N3CCCC3=O)=CC2)C1)c1cccc2ccccc12. The molecule has 2 aliphatic carbocycles. The number of hydrogen-bond acceptors (Lipinski definition) is 2. The molecule has 2 aromatic rings. The molecule has 1 heterocycles. The van der Waals surface area contributed by atoms with Crippen molar-refractivity contribution in [1.29, 1.82) is 0 Å². The maximum absolute atomic E-state index is 12.0. The molecule has 1 unspecified atom stereocenters. The van der Waals surface area contributed by atoms with E-state index in [-0.39, 0.29) is 0 Å². The third-order valence-electron chi connectivity index (χ3n) is 7.59. The quantitative estimate of drug-likeness (QED) is 0.638. The van der Waals surface area contributed by atoms with Gasteiger partial charge in [0, 0.05) is 30.7 Å². The van der Waals surface area contributed by atoms with Crippen LogP contribution in [0.2, 0.25) is 0 Å². The molecule has 3 nitrogen and oxygen atoms in total. The highest BCUT2D eigenvalue weighted by Crippen LogP contribution is 2.37. The van der Waals surface area contributed by atoms with Crippen LogP contribution in [0.4, 0.5) is 0 Å². The third-order valence-corrected chi connectivity index (χ3v) is 7.59. The minimum atomic E-state index is 0.290. The number of rotatable bonds is 5. The smallest absolute Gasteiger partial charge is 0.227 e. The van der Waals surface area contributed by atoms with E-state index in [1.807, 2.05) is 4.90 Å². The van der Waals surface area contributed by atoms with Gasteiger partial charge in [0.15, 0.2) is 0 Å². The Morgan fingerprint density at radius 2 is 1.94 bits per heavy atom. The van der Waals surface area contributed by atoms with Gasteiger partial charge in [-0.15, -0.1) is 0 Å². The molecule has 0 bridgehead atoms. The molecule has 162 valence electrons. The minimum Gasteiger partial charge on any atom is -0.313 e. The van der Waals surface area contributed by atoms with E-state index >= 15 is 0 Å². The summed E-state index contributed by atoms with van der Waals surface area (Å²) in [5.74, 6) is 1.63. The van der Waals surface area contributed by atoms with E-state index in [1.165, 1.54) is 42.0 Å². The second-order valence-corrected chi connectivity index (χ2v) is 9.62. The summed E-state index contributed by atoms with van der Waals surface area (Å²) in [5, 5.41) is 6.65. The summed E-state index contributed by atoms with van der Waals surface area (Å²) in [6, 6.07) is 16.3. The van der Waals surface area contributed by atoms with Gasteiger partial charge in [0.2, 0.25) is 5.91 Å². The lowest BCUT2D eigenvalue weighted by Crippen LogP contribution is -2.37. The van der Waals surface area contributed by atoms with E-state index in [4.69, 9.17) is 0 Å². The number of hydrogen-bond donors (Lipinski definition) is 1. The van der Waals surface area contributed by atoms with Crippen molar-refractivity contribution < 1.29 is 4.79 Å². The number of allylic oxidation sites excluding steroid dienone is 3. The molecular formula is C28H34N2O. The summed E-state index contributed by atoms with van der Waals surface area (Å²) < 4.78 is 0. The molecule has 0 aromatic heterocycles. The Balaban J connectivity index is 1.21. The van der Waals surface area contributed by atoms with Gasteiger partial charge < -0.3 is 10.2 Å². The largest absolute Gasteiger partial charge is 0.313 e. The van der Waals surface area contributed by atoms with Gasteiger partial charge >= 0.3 is 0 Å². The molecule has 31 heavy (non-hydrogen) atoms. The Morgan fingerprint density at radius 1 is 1.06 bits per heavy atom. The molecule has 2 fully saturated rings. The van der Waals surface area contributed by atoms with Crippen molar-refractivity contribution in [3.05, 3.63) is 72.0 Å². The number of nitrogens with one attached hydrogen (secondary N) is 1. The van der Waals surface area contributed by atoms with Crippen LogP contribution in [0.15, 0.2) is 66.4 Å². The van der Waals surface area contributed by atoms with Gasteiger partial charge in [0.1, 0.15) is 0 Å². The topological polar surface area (TPSA) is 32.3 Å². The molecule has 1 saturated heterocycles. The van der Waals surface area contributed by atoms with Crippen LogP contribution in [0.5, 0.6) is 0 Å². The Labute approximate surface area is 186 Å². The van der Waals surface area contributed by atoms with E-state index in [0.29, 0.717) is 30.3 Å². The highest BCUT2D eigenvalue weighted by molar-refractivity contribution is 5.86. The van der Waals surface area contributed by atoms with Gasteiger partial charge in [-0.3, -0.25) is 4.79 Å². The molecule has 2 aromatic carbocycles. The molecular weight excluding hydrogens is 380 g/mol. The molecule has 1 N–H and O–H groups in total. The maximum Gasteiger partial charge on any atom is 0.227 e. The van der Waals surface area contributed by atoms with Crippen LogP contribution in [-0.2, 0) is 4.79 Å². The third kappa shape index (κ3) is 4.34. The lowest BCUT2D eigenvalue weighted by atomic mass is 9.75. The summed E-state index contributed by atoms with van der Waals surface area (Å²) in [7, 11) is 0. The van der Waals surface area contributed by atoms with Crippen molar-refractivity contribution in [2.24, 2.45) is 11.8 Å². The molecule has 1 aliphatic heterocycles. The summed E-state index contributed by atoms with van der Waals surface area (Å²) in [6.07, 6.45) is 14.8. The predicted octanol–water partition coefficient (Wildman–Crippen LogP) is 6.13. The van der Waals surface area contributed by atoms with E-state index in [1.54, 1.807) is 0 Å². The van der Waals surface area contributed by atoms with E-state index < -0.39 is 0 Å². The molecule has 0 radical (unpaired) electrons. The van der Waals surface area contributed by atoms with Gasteiger partial charge in [0.05, 0.1) is 0 Å². The number of carbonyl (C=O) groups is 1. The van der Waals surface area contributed by atoms with Gasteiger partial charge in [0.25, 0.3) is 0 Å². The number of likely N-dealkylation sites (tertiary alicyclic amines) is 1. The standard InChI is InChI=1S/C28H34N2O/c1-20(26-12-5-8-22-7-2-3-11-27(22)26)29-24-10-4-9-23(19-24)21-14-16-25(17-15-21)30-18-6-13-28(30)31/h2-3,5,7-8,11-12,14,16-17,20-21,23-24,29H,4,6,9-10,13,15,18-19H2,1H3/t20-,21?,23+,24+/m1/s1. The van der Waals surface area contributed by atoms with Crippen molar-refractivity contribution in [3.63, 3.8) is 0 Å². The summed E-state index contributed by atoms with van der Waals surface area (Å²) in [5.41, 5.74) is 2.54. The molecule has 4 atom stereocenters. The van der Waals surface area contributed by atoms with Crippen molar-refractivity contribution in [2.75, 3.05) is 6.54 Å². The molecule has 1 saturated carbocycles. The normalized spacial score (nSPS) is 27.5. The fourth-order valence-corrected chi connectivity index (χ4v) is 5.94. The van der Waals surface area contributed by atoms with Crippen molar-refractivity contribution in [1.82, 2.24) is 10.2 Å². The zero-order valence-corrected chi connectivity index (χ0v) is 18.6. The Morgan fingerprint density at radius 3 is 2.74 bits per heavy atom. The van der Waals surface area contributed by atoms with Gasteiger partial charge in [-0.1, -0.05) is 61.0 Å². The number of nitrogens with zero attached hydrogens (tertiary/aromatic N) is 1. The predicted molar refractivity (Wildman–Crippen MR) is 128 cm³/mol. The van der Waals surface area contributed by atoms with E-state index in [2.05, 4.69) is 72.9 Å². The van der Waals surface area contributed by atoms with Crippen LogP contribution in [0, 0.1) is 11.8 Å². The van der Waals surface area contributed by atoms with Crippen LogP contribution in [-0.4, -0.2) is 23.4 Å². The number of benzene rings is 2. The molecule has 3 heteroatoms. The molecule has 5 rings (SSSR count). The fourth-order valence-electron chi connectivity index (χ4n) is 5.94. The van der Waals surface area contributed by atoms with Gasteiger partial charge in [-0.05, 0) is 73.3 Å². The Kier molecular flexibility index (Phi) is 5.95.